The van der Waals surface area contributed by atoms with Gasteiger partial charge >= 0.3 is 0 Å². The zero-order valence-electron chi connectivity index (χ0n) is 13.4. The SMILES string of the molecule is CCCCCC(C)c1ccc([C@H]2CCC(OC)C2)cc1. The van der Waals surface area contributed by atoms with Crippen LogP contribution in [0.2, 0.25) is 0 Å². The molecule has 0 aromatic heterocycles. The highest BCUT2D eigenvalue weighted by Crippen LogP contribution is 2.36. The Labute approximate surface area is 124 Å². The van der Waals surface area contributed by atoms with Crippen molar-refractivity contribution in [1.82, 2.24) is 0 Å². The van der Waals surface area contributed by atoms with Crippen LogP contribution in [0.4, 0.5) is 0 Å². The fraction of sp³-hybridized carbons (Fsp3) is 0.684. The second kappa shape index (κ2) is 7.83. The van der Waals surface area contributed by atoms with E-state index in [2.05, 4.69) is 38.1 Å². The first kappa shape index (κ1) is 15.6. The van der Waals surface area contributed by atoms with E-state index in [9.17, 15) is 0 Å². The Morgan fingerprint density at radius 1 is 1.15 bits per heavy atom. The summed E-state index contributed by atoms with van der Waals surface area (Å²) in [5.41, 5.74) is 3.01. The van der Waals surface area contributed by atoms with Crippen LogP contribution in [0, 0.1) is 0 Å². The van der Waals surface area contributed by atoms with Gasteiger partial charge in [0.15, 0.2) is 0 Å². The van der Waals surface area contributed by atoms with Crippen molar-refractivity contribution in [2.45, 2.75) is 76.7 Å². The largest absolute Gasteiger partial charge is 0.381 e. The van der Waals surface area contributed by atoms with Crippen LogP contribution in [0.15, 0.2) is 24.3 Å². The van der Waals surface area contributed by atoms with Gasteiger partial charge in [0.05, 0.1) is 6.10 Å². The van der Waals surface area contributed by atoms with Crippen molar-refractivity contribution < 1.29 is 4.74 Å². The Hall–Kier alpha value is -0.820. The smallest absolute Gasteiger partial charge is 0.0577 e. The minimum atomic E-state index is 0.479. The van der Waals surface area contributed by atoms with Gasteiger partial charge in [-0.25, -0.2) is 0 Å². The lowest BCUT2D eigenvalue weighted by Crippen LogP contribution is -2.04. The summed E-state index contributed by atoms with van der Waals surface area (Å²) < 4.78 is 5.48. The summed E-state index contributed by atoms with van der Waals surface area (Å²) in [5.74, 6) is 1.41. The van der Waals surface area contributed by atoms with Crippen molar-refractivity contribution in [2.75, 3.05) is 7.11 Å². The van der Waals surface area contributed by atoms with Gasteiger partial charge in [-0.05, 0) is 48.6 Å². The van der Waals surface area contributed by atoms with E-state index in [1.165, 1.54) is 56.1 Å². The number of benzene rings is 1. The first-order valence-corrected chi connectivity index (χ1v) is 8.37. The molecule has 0 aliphatic heterocycles. The molecule has 1 aromatic rings. The molecule has 2 rings (SSSR count). The molecule has 0 heterocycles. The average molecular weight is 274 g/mol. The minimum absolute atomic E-state index is 0.479. The second-order valence-electron chi connectivity index (χ2n) is 6.43. The molecule has 0 amide bonds. The van der Waals surface area contributed by atoms with Crippen molar-refractivity contribution >= 4 is 0 Å². The van der Waals surface area contributed by atoms with Gasteiger partial charge in [-0.1, -0.05) is 57.4 Å². The van der Waals surface area contributed by atoms with E-state index in [1.54, 1.807) is 0 Å². The molecule has 1 aliphatic rings. The quantitative estimate of drug-likeness (QED) is 0.583. The lowest BCUT2D eigenvalue weighted by atomic mass is 9.91. The van der Waals surface area contributed by atoms with Gasteiger partial charge in [0.2, 0.25) is 0 Å². The van der Waals surface area contributed by atoms with Gasteiger partial charge in [-0.2, -0.15) is 0 Å². The summed E-state index contributed by atoms with van der Waals surface area (Å²) in [6.45, 7) is 4.63. The van der Waals surface area contributed by atoms with Crippen LogP contribution in [0.3, 0.4) is 0 Å². The van der Waals surface area contributed by atoms with Crippen LogP contribution in [0.25, 0.3) is 0 Å². The Kier molecular flexibility index (Phi) is 6.09. The highest BCUT2D eigenvalue weighted by Gasteiger charge is 2.25. The monoisotopic (exact) mass is 274 g/mol. The van der Waals surface area contributed by atoms with E-state index in [-0.39, 0.29) is 0 Å². The molecule has 1 saturated carbocycles. The zero-order valence-corrected chi connectivity index (χ0v) is 13.4. The molecule has 2 unspecified atom stereocenters. The van der Waals surface area contributed by atoms with Crippen molar-refractivity contribution in [1.29, 1.82) is 0 Å². The maximum Gasteiger partial charge on any atom is 0.0577 e. The first-order chi connectivity index (χ1) is 9.74. The number of unbranched alkanes of at least 4 members (excludes halogenated alkanes) is 2. The van der Waals surface area contributed by atoms with Gasteiger partial charge in [0, 0.05) is 7.11 Å². The van der Waals surface area contributed by atoms with E-state index in [0.717, 1.165) is 0 Å². The third kappa shape index (κ3) is 4.09. The second-order valence-corrected chi connectivity index (χ2v) is 6.43. The van der Waals surface area contributed by atoms with Crippen LogP contribution in [-0.4, -0.2) is 13.2 Å². The lowest BCUT2D eigenvalue weighted by Gasteiger charge is -2.15. The van der Waals surface area contributed by atoms with Crippen LogP contribution in [0.5, 0.6) is 0 Å². The summed E-state index contributed by atoms with van der Waals surface area (Å²) in [6.07, 6.45) is 9.53. The third-order valence-electron chi connectivity index (χ3n) is 4.94. The highest BCUT2D eigenvalue weighted by molar-refractivity contribution is 5.28. The zero-order chi connectivity index (χ0) is 14.4. The first-order valence-electron chi connectivity index (χ1n) is 8.37. The maximum atomic E-state index is 5.48. The summed E-state index contributed by atoms with van der Waals surface area (Å²) in [4.78, 5) is 0. The molecule has 0 spiro atoms. The molecular formula is C19H30O. The standard InChI is InChI=1S/C19H30O/c1-4-5-6-7-15(2)16-8-10-17(11-9-16)18-12-13-19(14-18)20-3/h8-11,15,18-19H,4-7,12-14H2,1-3H3/t15?,18-,19?/m0/s1. The lowest BCUT2D eigenvalue weighted by molar-refractivity contribution is 0.108. The van der Waals surface area contributed by atoms with Crippen LogP contribution in [0.1, 0.15) is 81.8 Å². The average Bonchev–Trinajstić information content (AvgIpc) is 2.96. The number of methoxy groups -OCH3 is 1. The highest BCUT2D eigenvalue weighted by atomic mass is 16.5. The number of hydrogen-bond donors (Lipinski definition) is 0. The predicted octanol–water partition coefficient (Wildman–Crippen LogP) is 5.65. The molecule has 112 valence electrons. The topological polar surface area (TPSA) is 9.23 Å². The molecule has 0 bridgehead atoms. The summed E-state index contributed by atoms with van der Waals surface area (Å²) in [6, 6.07) is 9.42. The summed E-state index contributed by atoms with van der Waals surface area (Å²) in [5, 5.41) is 0. The molecule has 0 saturated heterocycles. The van der Waals surface area contributed by atoms with Crippen molar-refractivity contribution in [3.63, 3.8) is 0 Å². The van der Waals surface area contributed by atoms with E-state index in [4.69, 9.17) is 4.74 Å². The van der Waals surface area contributed by atoms with Crippen molar-refractivity contribution in [3.05, 3.63) is 35.4 Å². The Morgan fingerprint density at radius 2 is 1.90 bits per heavy atom. The summed E-state index contributed by atoms with van der Waals surface area (Å²) in [7, 11) is 1.84. The number of rotatable bonds is 7. The van der Waals surface area contributed by atoms with Gasteiger partial charge < -0.3 is 4.74 Å². The van der Waals surface area contributed by atoms with Gasteiger partial charge in [0.25, 0.3) is 0 Å². The molecule has 0 N–H and O–H groups in total. The van der Waals surface area contributed by atoms with E-state index < -0.39 is 0 Å². The van der Waals surface area contributed by atoms with Crippen LogP contribution < -0.4 is 0 Å². The Morgan fingerprint density at radius 3 is 2.50 bits per heavy atom. The normalized spacial score (nSPS) is 23.9. The number of hydrogen-bond acceptors (Lipinski definition) is 1. The molecule has 1 nitrogen and oxygen atoms in total. The maximum absolute atomic E-state index is 5.48. The molecule has 20 heavy (non-hydrogen) atoms. The molecule has 0 radical (unpaired) electrons. The third-order valence-corrected chi connectivity index (χ3v) is 4.94. The number of ether oxygens (including phenoxy) is 1. The fourth-order valence-corrected chi connectivity index (χ4v) is 3.42. The Balaban J connectivity index is 1.89. The molecule has 1 fully saturated rings. The van der Waals surface area contributed by atoms with Crippen LogP contribution in [-0.2, 0) is 4.74 Å². The minimum Gasteiger partial charge on any atom is -0.381 e. The van der Waals surface area contributed by atoms with E-state index in [0.29, 0.717) is 17.9 Å². The molecular weight excluding hydrogens is 244 g/mol. The Bertz CT molecular complexity index is 381. The molecule has 1 heteroatoms. The molecule has 1 aliphatic carbocycles. The van der Waals surface area contributed by atoms with Gasteiger partial charge in [-0.3, -0.25) is 0 Å². The van der Waals surface area contributed by atoms with E-state index >= 15 is 0 Å². The van der Waals surface area contributed by atoms with Gasteiger partial charge in [0.1, 0.15) is 0 Å². The molecule has 1 aromatic carbocycles. The summed E-state index contributed by atoms with van der Waals surface area (Å²) >= 11 is 0. The fourth-order valence-electron chi connectivity index (χ4n) is 3.42. The van der Waals surface area contributed by atoms with Crippen molar-refractivity contribution in [3.8, 4) is 0 Å². The molecule has 3 atom stereocenters. The van der Waals surface area contributed by atoms with E-state index in [1.807, 2.05) is 7.11 Å². The predicted molar refractivity (Wildman–Crippen MR) is 86.4 cm³/mol. The van der Waals surface area contributed by atoms with Crippen molar-refractivity contribution in [2.24, 2.45) is 0 Å². The van der Waals surface area contributed by atoms with Crippen LogP contribution >= 0.6 is 0 Å². The van der Waals surface area contributed by atoms with Gasteiger partial charge in [-0.15, -0.1) is 0 Å².